The summed E-state index contributed by atoms with van der Waals surface area (Å²) in [5.41, 5.74) is 6.51. The summed E-state index contributed by atoms with van der Waals surface area (Å²) in [4.78, 5) is 77.5. The number of carbonyl (C=O) groups excluding carboxylic acids is 6. The van der Waals surface area contributed by atoms with Crippen molar-refractivity contribution in [1.82, 2.24) is 20.1 Å². The molecule has 4 atom stereocenters. The molecule has 6 amide bonds. The van der Waals surface area contributed by atoms with Crippen molar-refractivity contribution in [3.8, 4) is 11.5 Å². The lowest BCUT2D eigenvalue weighted by Crippen LogP contribution is -2.40. The van der Waals surface area contributed by atoms with Crippen molar-refractivity contribution in [2.24, 2.45) is 0 Å². The van der Waals surface area contributed by atoms with Crippen molar-refractivity contribution in [1.29, 1.82) is 0 Å². The van der Waals surface area contributed by atoms with E-state index in [9.17, 15) is 33.9 Å². The number of aromatic hydroxyl groups is 1. The number of benzene rings is 6. The lowest BCUT2D eigenvalue weighted by Gasteiger charge is -2.22. The maximum atomic E-state index is 13.5. The van der Waals surface area contributed by atoms with Gasteiger partial charge in [-0.25, -0.2) is 29.0 Å². The van der Waals surface area contributed by atoms with Gasteiger partial charge < -0.3 is 42.9 Å². The second kappa shape index (κ2) is 35.4. The van der Waals surface area contributed by atoms with Gasteiger partial charge in [-0.3, -0.25) is 20.2 Å². The van der Waals surface area contributed by atoms with E-state index in [0.717, 1.165) is 33.4 Å². The highest BCUT2D eigenvalue weighted by molar-refractivity contribution is 5.95. The Morgan fingerprint density at radius 2 is 0.935 bits per heavy atom. The molecule has 2 aromatic heterocycles. The highest BCUT2D eigenvalue weighted by Crippen LogP contribution is 2.33. The summed E-state index contributed by atoms with van der Waals surface area (Å²) in [5.74, 6) is -0.791. The minimum absolute atomic E-state index is 0. The van der Waals surface area contributed by atoms with Gasteiger partial charge in [-0.15, -0.1) is 0 Å². The van der Waals surface area contributed by atoms with Crippen molar-refractivity contribution in [2.75, 3.05) is 23.8 Å². The molecule has 0 spiro atoms. The number of hydrogen-bond donors (Lipinski definition) is 4. The molecule has 2 fully saturated rings. The fourth-order valence-electron chi connectivity index (χ4n) is 9.74. The van der Waals surface area contributed by atoms with Gasteiger partial charge in [0, 0.05) is 48.2 Å². The minimum atomic E-state index is -0.635. The Morgan fingerprint density at radius 1 is 0.538 bits per heavy atom. The Labute approximate surface area is 544 Å². The fraction of sp³-hybridized carbons (Fsp3) is 0.333. The van der Waals surface area contributed by atoms with E-state index in [1.165, 1.54) is 22.3 Å². The van der Waals surface area contributed by atoms with E-state index in [1.807, 2.05) is 103 Å². The molecule has 0 unspecified atom stereocenters. The van der Waals surface area contributed by atoms with Crippen LogP contribution in [0, 0.1) is 0 Å². The predicted molar refractivity (Wildman–Crippen MR) is 355 cm³/mol. The first-order chi connectivity index (χ1) is 42.7. The van der Waals surface area contributed by atoms with Gasteiger partial charge in [0.1, 0.15) is 55.0 Å². The molecule has 2 aliphatic rings. The van der Waals surface area contributed by atoms with Crippen LogP contribution in [0.25, 0.3) is 0 Å². The third kappa shape index (κ3) is 22.9. The molecule has 8 aromatic rings. The number of phenols is 1. The molecule has 0 radical (unpaired) electrons. The van der Waals surface area contributed by atoms with Gasteiger partial charge in [-0.2, -0.15) is 0 Å². The van der Waals surface area contributed by atoms with Gasteiger partial charge >= 0.3 is 24.4 Å². The highest BCUT2D eigenvalue weighted by atomic mass is 16.6. The highest BCUT2D eigenvalue weighted by Gasteiger charge is 2.41. The van der Waals surface area contributed by atoms with Crippen LogP contribution >= 0.6 is 0 Å². The van der Waals surface area contributed by atoms with Crippen LogP contribution in [0.4, 0.5) is 30.6 Å². The van der Waals surface area contributed by atoms with E-state index in [1.54, 1.807) is 108 Å². The smallest absolute Gasteiger partial charge is 0.416 e. The summed E-state index contributed by atoms with van der Waals surface area (Å²) in [6, 6.07) is 50.3. The van der Waals surface area contributed by atoms with Crippen LogP contribution in [-0.2, 0) is 54.6 Å². The topological polar surface area (TPSA) is 272 Å². The molecule has 0 aliphatic carbocycles. The van der Waals surface area contributed by atoms with Gasteiger partial charge in [0.2, 0.25) is 11.8 Å². The predicted octanol–water partition coefficient (Wildman–Crippen LogP) is 15.3. The second-order valence-electron chi connectivity index (χ2n) is 23.0. The fourth-order valence-corrected chi connectivity index (χ4v) is 9.74. The quantitative estimate of drug-likeness (QED) is 0.0581. The number of carbonyl (C=O) groups is 6. The molecular formula is C72H88N6O15. The number of amides is 6. The molecular weight excluding hydrogens is 1190 g/mol. The number of hydrogen-bond acceptors (Lipinski definition) is 17. The van der Waals surface area contributed by atoms with E-state index in [0.29, 0.717) is 41.4 Å². The first-order valence-corrected chi connectivity index (χ1v) is 28.8. The number of nitrogens with one attached hydrogen (secondary N) is 2. The van der Waals surface area contributed by atoms with E-state index >= 15 is 0 Å². The number of imide groups is 2. The number of aliphatic hydroxyl groups excluding tert-OH is 1. The monoisotopic (exact) mass is 1280 g/mol. The number of ether oxygens (including phenoxy) is 5. The van der Waals surface area contributed by atoms with Crippen molar-refractivity contribution in [3.63, 3.8) is 0 Å². The Bertz CT molecular complexity index is 3590. The molecule has 93 heavy (non-hydrogen) atoms. The molecule has 2 saturated heterocycles. The molecule has 21 nitrogen and oxygen atoms in total. The zero-order chi connectivity index (χ0) is 63.5. The number of aromatic nitrogens is 2. The van der Waals surface area contributed by atoms with E-state index in [-0.39, 0.29) is 98.6 Å². The summed E-state index contributed by atoms with van der Waals surface area (Å²) >= 11 is 0. The summed E-state index contributed by atoms with van der Waals surface area (Å²) in [7, 11) is 0. The number of rotatable bonds is 18. The summed E-state index contributed by atoms with van der Waals surface area (Å²) < 4.78 is 36.9. The molecule has 4 N–H and O–H groups in total. The number of nitrogens with zero attached hydrogens (tertiary/aromatic N) is 4. The summed E-state index contributed by atoms with van der Waals surface area (Å²) in [6.45, 7) is 11.4. The third-order valence-corrected chi connectivity index (χ3v) is 13.8. The molecule has 10 rings (SSSR count). The van der Waals surface area contributed by atoms with Gasteiger partial charge in [0.25, 0.3) is 0 Å². The molecule has 0 saturated carbocycles. The van der Waals surface area contributed by atoms with Gasteiger partial charge in [0.15, 0.2) is 0 Å². The van der Waals surface area contributed by atoms with E-state index in [4.69, 9.17) is 37.8 Å². The van der Waals surface area contributed by atoms with Gasteiger partial charge in [-0.1, -0.05) is 149 Å². The summed E-state index contributed by atoms with van der Waals surface area (Å²) in [5, 5.41) is 31.9. The number of anilines is 2. The molecule has 21 heteroatoms. The number of phenolic OH excluding ortho intramolecular Hbond substituents is 1. The molecule has 4 heterocycles. The van der Waals surface area contributed by atoms with Crippen molar-refractivity contribution >= 4 is 47.6 Å². The minimum Gasteiger partial charge on any atom is -0.508 e. The van der Waals surface area contributed by atoms with E-state index in [2.05, 4.69) is 20.9 Å². The lowest BCUT2D eigenvalue weighted by atomic mass is 9.91. The SMILES string of the molecule is C.C.C.C.CC(C)(C)OC(=O)Nc1cccc(CO)c1.CC(C)(C)OC(=O)Nc1cccc(COc2ccc([C@H](CC(=O)N3C(=O)OC[C@@H]3Cc3ccccc3)c3ccon3)cc2)c1.O=C(C[C@@H](c1ccc(O)cc1)c1ccon1)N1C(=O)OC[C@@H]1Cc1ccccc1. The third-order valence-electron chi connectivity index (χ3n) is 13.8. The van der Waals surface area contributed by atoms with Crippen LogP contribution in [-0.4, -0.2) is 103 Å². The Kier molecular flexibility index (Phi) is 28.6. The zero-order valence-electron chi connectivity index (χ0n) is 50.3. The van der Waals surface area contributed by atoms with Crippen LogP contribution < -0.4 is 15.4 Å². The van der Waals surface area contributed by atoms with Crippen LogP contribution in [0.1, 0.15) is 141 Å². The lowest BCUT2D eigenvalue weighted by molar-refractivity contribution is -0.130. The largest absolute Gasteiger partial charge is 0.508 e. The first-order valence-electron chi connectivity index (χ1n) is 28.8. The summed E-state index contributed by atoms with van der Waals surface area (Å²) in [6.07, 6.45) is 1.69. The molecule has 6 aromatic carbocycles. The van der Waals surface area contributed by atoms with Crippen LogP contribution in [0.2, 0.25) is 0 Å². The standard InChI is InChI=1S/C34H35N3O7.C22H20N2O5.C12H17NO3.4CH4/c1-34(2,3)44-32(39)35-26-11-7-10-24(18-26)21-41-28-14-12-25(13-15-28)29(30-16-17-43-36-30)20-31(38)37-27(22-42-33(37)40)19-23-8-5-4-6-9-23;25-18-8-6-16(7-9-18)19(20-10-11-29-23-20)13-21(26)24-17(14-28-22(24)27)12-15-4-2-1-3-5-15;1-12(2,3)16-11(15)13-10-6-4-5-9(7-10)8-14;;;;/h4-18,27,29H,19-22H2,1-3H3,(H,35,39);1-11,17,19,25H,12-14H2;4-7,14H,8H2,1-3H3,(H,13,15);4*1H4/t27-,29-;17-,19-;;;;;/m00...../s1. The average molecular weight is 1280 g/mol. The van der Waals surface area contributed by atoms with Crippen LogP contribution in [0.15, 0.2) is 191 Å². The first kappa shape index (κ1) is 75.2. The number of cyclic esters (lactones) is 2. The Hall–Kier alpha value is -10.3. The average Bonchev–Trinajstić information content (AvgIpc) is 1.77. The van der Waals surface area contributed by atoms with Crippen LogP contribution in [0.3, 0.4) is 0 Å². The van der Waals surface area contributed by atoms with Crippen molar-refractivity contribution in [3.05, 3.63) is 227 Å². The zero-order valence-corrected chi connectivity index (χ0v) is 50.3. The van der Waals surface area contributed by atoms with Crippen molar-refractivity contribution in [2.45, 2.75) is 145 Å². The van der Waals surface area contributed by atoms with E-state index < -0.39 is 47.4 Å². The molecule has 0 bridgehead atoms. The van der Waals surface area contributed by atoms with Gasteiger partial charge in [-0.05, 0) is 136 Å². The number of aliphatic hydroxyl groups is 1. The molecule has 2 aliphatic heterocycles. The normalized spacial score (nSPS) is 14.5. The van der Waals surface area contributed by atoms with Crippen molar-refractivity contribution < 1.29 is 71.7 Å². The van der Waals surface area contributed by atoms with Gasteiger partial charge in [0.05, 0.1) is 30.1 Å². The maximum Gasteiger partial charge on any atom is 0.416 e. The molecule has 496 valence electrons. The second-order valence-corrected chi connectivity index (χ2v) is 23.0. The maximum absolute atomic E-state index is 13.5. The van der Waals surface area contributed by atoms with Crippen LogP contribution in [0.5, 0.6) is 11.5 Å². The Balaban J connectivity index is 0.000000324. The Morgan fingerprint density at radius 3 is 1.33 bits per heavy atom.